The van der Waals surface area contributed by atoms with Crippen molar-refractivity contribution < 1.29 is 10.2 Å². The molecular weight excluding hydrogens is 232 g/mol. The normalized spacial score (nSPS) is 14.0. The Morgan fingerprint density at radius 2 is 2.11 bits per heavy atom. The highest BCUT2D eigenvalue weighted by atomic mass is 16.5. The van der Waals surface area contributed by atoms with Crippen molar-refractivity contribution >= 4 is 11.2 Å². The van der Waals surface area contributed by atoms with E-state index >= 15 is 0 Å². The van der Waals surface area contributed by atoms with E-state index in [1.54, 1.807) is 19.4 Å². The van der Waals surface area contributed by atoms with Crippen LogP contribution in [0.25, 0.3) is 11.2 Å². The third kappa shape index (κ3) is 2.65. The van der Waals surface area contributed by atoms with Gasteiger partial charge in [-0.1, -0.05) is 13.8 Å². The molecule has 0 fully saturated rings. The quantitative estimate of drug-likeness (QED) is 0.696. The van der Waals surface area contributed by atoms with Crippen LogP contribution in [0, 0.1) is 0 Å². The number of rotatable bonds is 5. The van der Waals surface area contributed by atoms with Gasteiger partial charge >= 0.3 is 0 Å². The number of nitrogens with zero attached hydrogens (tertiary/aromatic N) is 3. The Kier molecular flexibility index (Phi) is 3.58. The lowest BCUT2D eigenvalue weighted by Gasteiger charge is -2.24. The zero-order chi connectivity index (χ0) is 13.2. The number of aromatic amines is 1. The summed E-state index contributed by atoms with van der Waals surface area (Å²) in [5.74, 6) is -1.14. The monoisotopic (exact) mass is 250 g/mol. The van der Waals surface area contributed by atoms with Gasteiger partial charge in [-0.3, -0.25) is 0 Å². The van der Waals surface area contributed by atoms with Gasteiger partial charge in [0.1, 0.15) is 11.3 Å². The molecule has 2 aromatic heterocycles. The Hall–Kier alpha value is -1.53. The first-order valence-corrected chi connectivity index (χ1v) is 6.16. The lowest BCUT2D eigenvalue weighted by Crippen LogP contribution is -2.29. The lowest BCUT2D eigenvalue weighted by atomic mass is 9.94. The average molecular weight is 250 g/mol. The fraction of sp³-hybridized carbons (Fsp3) is 0.583. The Labute approximate surface area is 105 Å². The van der Waals surface area contributed by atoms with Crippen LogP contribution in [0.5, 0.6) is 0 Å². The lowest BCUT2D eigenvalue weighted by molar-refractivity contribution is -0.171. The van der Waals surface area contributed by atoms with Crippen LogP contribution in [-0.4, -0.2) is 35.9 Å². The molecular formula is C12H18N4O2. The predicted octanol–water partition coefficient (Wildman–Crippen LogP) is 1.33. The fourth-order valence-electron chi connectivity index (χ4n) is 1.90. The van der Waals surface area contributed by atoms with Gasteiger partial charge in [0.25, 0.3) is 0 Å². The maximum Gasteiger partial charge on any atom is 0.180 e. The first-order chi connectivity index (χ1) is 8.55. The molecule has 2 rings (SSSR count). The van der Waals surface area contributed by atoms with Gasteiger partial charge in [0.15, 0.2) is 11.4 Å². The van der Waals surface area contributed by atoms with Gasteiger partial charge in [-0.15, -0.1) is 0 Å². The van der Waals surface area contributed by atoms with E-state index < -0.39 is 5.79 Å². The molecule has 2 heterocycles. The maximum absolute atomic E-state index is 9.74. The second-order valence-corrected chi connectivity index (χ2v) is 4.51. The van der Waals surface area contributed by atoms with E-state index in [-0.39, 0.29) is 18.8 Å². The van der Waals surface area contributed by atoms with Gasteiger partial charge in [0.05, 0.1) is 12.5 Å². The molecule has 0 bridgehead atoms. The molecule has 0 radical (unpaired) electrons. The first kappa shape index (κ1) is 12.9. The van der Waals surface area contributed by atoms with E-state index in [4.69, 9.17) is 0 Å². The van der Waals surface area contributed by atoms with Crippen molar-refractivity contribution in [3.8, 4) is 0 Å². The van der Waals surface area contributed by atoms with Crippen molar-refractivity contribution in [1.29, 1.82) is 0 Å². The molecule has 0 aliphatic rings. The highest BCUT2D eigenvalue weighted by Gasteiger charge is 2.27. The molecule has 0 amide bonds. The molecule has 0 aromatic carbocycles. The van der Waals surface area contributed by atoms with Crippen molar-refractivity contribution in [3.63, 3.8) is 0 Å². The van der Waals surface area contributed by atoms with Crippen LogP contribution in [0.2, 0.25) is 0 Å². The van der Waals surface area contributed by atoms with E-state index in [1.807, 2.05) is 6.92 Å². The molecule has 2 aromatic rings. The molecule has 18 heavy (non-hydrogen) atoms. The molecule has 0 aliphatic heterocycles. The summed E-state index contributed by atoms with van der Waals surface area (Å²) in [6.07, 6.45) is 4.51. The van der Waals surface area contributed by atoms with Gasteiger partial charge in [-0.2, -0.15) is 0 Å². The molecule has 1 unspecified atom stereocenters. The molecule has 0 aliphatic carbocycles. The second-order valence-electron chi connectivity index (χ2n) is 4.51. The average Bonchev–Trinajstić information content (AvgIpc) is 2.83. The van der Waals surface area contributed by atoms with Crippen molar-refractivity contribution in [3.05, 3.63) is 18.3 Å². The van der Waals surface area contributed by atoms with Gasteiger partial charge in [-0.05, 0) is 12.8 Å². The summed E-state index contributed by atoms with van der Waals surface area (Å²) in [4.78, 5) is 15.6. The number of H-pyrrole nitrogens is 1. The highest BCUT2D eigenvalue weighted by Crippen LogP contribution is 2.27. The predicted molar refractivity (Wildman–Crippen MR) is 66.8 cm³/mol. The summed E-state index contributed by atoms with van der Waals surface area (Å²) >= 11 is 0. The second kappa shape index (κ2) is 4.99. The summed E-state index contributed by atoms with van der Waals surface area (Å²) in [7, 11) is 0. The van der Waals surface area contributed by atoms with Crippen LogP contribution in [0.3, 0.4) is 0 Å². The zero-order valence-electron chi connectivity index (χ0n) is 10.6. The van der Waals surface area contributed by atoms with Crippen molar-refractivity contribution in [2.24, 2.45) is 0 Å². The van der Waals surface area contributed by atoms with E-state index in [0.717, 1.165) is 11.9 Å². The van der Waals surface area contributed by atoms with Gasteiger partial charge in [0.2, 0.25) is 0 Å². The zero-order valence-corrected chi connectivity index (χ0v) is 10.6. The minimum Gasteiger partial charge on any atom is -0.366 e. The number of hydrogen-bond donors (Lipinski definition) is 3. The van der Waals surface area contributed by atoms with E-state index in [2.05, 4.69) is 19.9 Å². The van der Waals surface area contributed by atoms with Crippen LogP contribution in [0.4, 0.5) is 0 Å². The molecule has 0 saturated carbocycles. The smallest absolute Gasteiger partial charge is 0.180 e. The number of hydrogen-bond acceptors (Lipinski definition) is 5. The summed E-state index contributed by atoms with van der Waals surface area (Å²) in [6.45, 7) is 3.72. The topological polar surface area (TPSA) is 94.9 Å². The van der Waals surface area contributed by atoms with Crippen molar-refractivity contribution in [2.75, 3.05) is 0 Å². The van der Waals surface area contributed by atoms with Gasteiger partial charge < -0.3 is 15.2 Å². The third-order valence-electron chi connectivity index (χ3n) is 3.19. The molecule has 1 atom stereocenters. The van der Waals surface area contributed by atoms with E-state index in [9.17, 15) is 10.2 Å². The van der Waals surface area contributed by atoms with E-state index in [1.165, 1.54) is 0 Å². The number of fused-ring (bicyclic) bond motifs is 1. The summed E-state index contributed by atoms with van der Waals surface area (Å²) in [5.41, 5.74) is 1.39. The Morgan fingerprint density at radius 1 is 1.33 bits per heavy atom. The Balaban J connectivity index is 2.26. The van der Waals surface area contributed by atoms with Crippen molar-refractivity contribution in [2.45, 2.75) is 44.8 Å². The molecule has 98 valence electrons. The Bertz CT molecular complexity index is 524. The number of aliphatic hydroxyl groups is 2. The fourth-order valence-corrected chi connectivity index (χ4v) is 1.90. The standard InChI is InChI=1S/C12H18N4O2/c1-3-8(5-12(17,18)4-2)10-13-6-9-11(16-10)15-7-14-9/h6-8,17-18H,3-5H2,1-2H3,(H,13,14,15,16). The summed E-state index contributed by atoms with van der Waals surface area (Å²) in [6, 6.07) is 0. The van der Waals surface area contributed by atoms with Gasteiger partial charge in [-0.25, -0.2) is 15.0 Å². The summed E-state index contributed by atoms with van der Waals surface area (Å²) in [5, 5.41) is 19.5. The highest BCUT2D eigenvalue weighted by molar-refractivity contribution is 5.68. The SMILES string of the molecule is CCC(CC(O)(O)CC)c1ncc2[nH]cnc2n1. The van der Waals surface area contributed by atoms with Crippen LogP contribution in [0.1, 0.15) is 44.9 Å². The number of aromatic nitrogens is 4. The third-order valence-corrected chi connectivity index (χ3v) is 3.19. The molecule has 6 heteroatoms. The van der Waals surface area contributed by atoms with Gasteiger partial charge in [0, 0.05) is 12.3 Å². The van der Waals surface area contributed by atoms with Crippen LogP contribution < -0.4 is 0 Å². The largest absolute Gasteiger partial charge is 0.366 e. The minimum absolute atomic E-state index is 0.0824. The molecule has 6 nitrogen and oxygen atoms in total. The summed E-state index contributed by atoms with van der Waals surface area (Å²) < 4.78 is 0. The molecule has 0 spiro atoms. The van der Waals surface area contributed by atoms with E-state index in [0.29, 0.717) is 11.5 Å². The van der Waals surface area contributed by atoms with Crippen molar-refractivity contribution in [1.82, 2.24) is 19.9 Å². The number of nitrogens with one attached hydrogen (secondary N) is 1. The number of imidazole rings is 1. The first-order valence-electron chi connectivity index (χ1n) is 6.16. The van der Waals surface area contributed by atoms with Crippen LogP contribution in [0.15, 0.2) is 12.5 Å². The Morgan fingerprint density at radius 3 is 2.78 bits per heavy atom. The maximum atomic E-state index is 9.74. The van der Waals surface area contributed by atoms with Crippen LogP contribution >= 0.6 is 0 Å². The molecule has 0 saturated heterocycles. The van der Waals surface area contributed by atoms with Crippen LogP contribution in [-0.2, 0) is 0 Å². The molecule has 3 N–H and O–H groups in total. The minimum atomic E-state index is -1.66.